The lowest BCUT2D eigenvalue weighted by atomic mass is 10.1. The molecule has 0 aliphatic rings. The maximum atomic E-state index is 12.2. The summed E-state index contributed by atoms with van der Waals surface area (Å²) >= 11 is 5.82. The molecule has 1 N–H and O–H groups in total. The normalized spacial score (nSPS) is 10.0. The van der Waals surface area contributed by atoms with Crippen LogP contribution in [0.25, 0.3) is 0 Å². The first-order valence-corrected chi connectivity index (χ1v) is 7.37. The number of nitrogens with one attached hydrogen (secondary N) is 1. The monoisotopic (exact) mass is 331 g/mol. The molecule has 0 saturated heterocycles. The first-order chi connectivity index (χ1) is 11.0. The lowest BCUT2D eigenvalue weighted by Gasteiger charge is -2.14. The van der Waals surface area contributed by atoms with E-state index in [1.54, 1.807) is 56.7 Å². The molecule has 0 atom stereocenters. The molecule has 0 bridgehead atoms. The van der Waals surface area contributed by atoms with Crippen LogP contribution < -0.4 is 14.8 Å². The summed E-state index contributed by atoms with van der Waals surface area (Å²) in [6.45, 7) is 3.91. The molecule has 2 rings (SSSR count). The van der Waals surface area contributed by atoms with Crippen LogP contribution in [0.2, 0.25) is 5.02 Å². The van der Waals surface area contributed by atoms with E-state index in [1.165, 1.54) is 0 Å². The van der Waals surface area contributed by atoms with E-state index in [4.69, 9.17) is 21.1 Å². The molecule has 120 valence electrons. The van der Waals surface area contributed by atoms with Gasteiger partial charge in [0.2, 0.25) is 0 Å². The van der Waals surface area contributed by atoms with Gasteiger partial charge in [-0.25, -0.2) is 0 Å². The van der Waals surface area contributed by atoms with Crippen molar-refractivity contribution in [3.8, 4) is 11.5 Å². The topological polar surface area (TPSA) is 47.6 Å². The van der Waals surface area contributed by atoms with Crippen molar-refractivity contribution in [2.75, 3.05) is 19.5 Å². The molecule has 0 amide bonds. The molecule has 0 fully saturated rings. The second kappa shape index (κ2) is 7.70. The Balaban J connectivity index is 2.07. The molecule has 5 heteroatoms. The summed E-state index contributed by atoms with van der Waals surface area (Å²) in [6.07, 6.45) is 0.169. The van der Waals surface area contributed by atoms with Gasteiger partial charge >= 0.3 is 0 Å². The predicted octanol–water partition coefficient (Wildman–Crippen LogP) is 4.56. The van der Waals surface area contributed by atoms with Crippen LogP contribution in [0.5, 0.6) is 11.5 Å². The highest BCUT2D eigenvalue weighted by Crippen LogP contribution is 2.30. The number of ketones is 1. The minimum absolute atomic E-state index is 0.0407. The lowest BCUT2D eigenvalue weighted by molar-refractivity contribution is 0.0993. The van der Waals surface area contributed by atoms with E-state index in [1.807, 2.05) is 0 Å². The number of halogens is 1. The molecule has 2 aromatic carbocycles. The largest absolute Gasteiger partial charge is 0.497 e. The van der Waals surface area contributed by atoms with Crippen molar-refractivity contribution in [2.45, 2.75) is 6.42 Å². The zero-order chi connectivity index (χ0) is 16.8. The summed E-state index contributed by atoms with van der Waals surface area (Å²) < 4.78 is 10.5. The van der Waals surface area contributed by atoms with Crippen molar-refractivity contribution in [3.63, 3.8) is 0 Å². The minimum atomic E-state index is -0.0407. The third-order valence-electron chi connectivity index (χ3n) is 3.26. The van der Waals surface area contributed by atoms with Gasteiger partial charge in [-0.15, -0.1) is 0 Å². The average Bonchev–Trinajstić information content (AvgIpc) is 2.55. The SMILES string of the molecule is C=C(CC(=O)c1ccc(Cl)cc1)Nc1cc(OC)ccc1OC. The van der Waals surface area contributed by atoms with E-state index in [2.05, 4.69) is 11.9 Å². The molecule has 23 heavy (non-hydrogen) atoms. The van der Waals surface area contributed by atoms with Gasteiger partial charge in [0.25, 0.3) is 0 Å². The predicted molar refractivity (Wildman–Crippen MR) is 92.7 cm³/mol. The number of allylic oxidation sites excluding steroid dienone is 1. The van der Waals surface area contributed by atoms with Crippen LogP contribution in [-0.4, -0.2) is 20.0 Å². The summed E-state index contributed by atoms with van der Waals surface area (Å²) in [4.78, 5) is 12.2. The molecule has 0 aliphatic heterocycles. The molecule has 0 aliphatic carbocycles. The smallest absolute Gasteiger partial charge is 0.168 e. The fourth-order valence-corrected chi connectivity index (χ4v) is 2.20. The fourth-order valence-electron chi connectivity index (χ4n) is 2.08. The van der Waals surface area contributed by atoms with Gasteiger partial charge in [-0.1, -0.05) is 18.2 Å². The van der Waals surface area contributed by atoms with E-state index in [0.717, 1.165) is 0 Å². The Hall–Kier alpha value is -2.46. The number of methoxy groups -OCH3 is 2. The molecular formula is C18H18ClNO3. The maximum absolute atomic E-state index is 12.2. The van der Waals surface area contributed by atoms with Crippen molar-refractivity contribution >= 4 is 23.1 Å². The number of benzene rings is 2. The molecular weight excluding hydrogens is 314 g/mol. The number of hydrogen-bond donors (Lipinski definition) is 1. The average molecular weight is 332 g/mol. The van der Waals surface area contributed by atoms with Crippen LogP contribution in [-0.2, 0) is 0 Å². The summed E-state index contributed by atoms with van der Waals surface area (Å²) in [7, 11) is 3.17. The van der Waals surface area contributed by atoms with Crippen LogP contribution >= 0.6 is 11.6 Å². The van der Waals surface area contributed by atoms with Crippen molar-refractivity contribution in [1.82, 2.24) is 0 Å². The highest BCUT2D eigenvalue weighted by atomic mass is 35.5. The van der Waals surface area contributed by atoms with Crippen LogP contribution in [0.3, 0.4) is 0 Å². The second-order valence-corrected chi connectivity index (χ2v) is 5.34. The molecule has 0 unspecified atom stereocenters. The first kappa shape index (κ1) is 16.9. The Morgan fingerprint density at radius 2 is 1.83 bits per heavy atom. The summed E-state index contributed by atoms with van der Waals surface area (Å²) in [5.41, 5.74) is 1.85. The van der Waals surface area contributed by atoms with Crippen LogP contribution in [0, 0.1) is 0 Å². The van der Waals surface area contributed by atoms with Crippen LogP contribution in [0.4, 0.5) is 5.69 Å². The fraction of sp³-hybridized carbons (Fsp3) is 0.167. The Labute approximate surface area is 140 Å². The first-order valence-electron chi connectivity index (χ1n) is 6.99. The van der Waals surface area contributed by atoms with Gasteiger partial charge in [-0.05, 0) is 36.4 Å². The molecule has 4 nitrogen and oxygen atoms in total. The molecule has 0 radical (unpaired) electrons. The Morgan fingerprint density at radius 1 is 1.13 bits per heavy atom. The number of Topliss-reactive ketones (excluding diaryl/α,β-unsaturated/α-hetero) is 1. The van der Waals surface area contributed by atoms with E-state index in [0.29, 0.717) is 33.5 Å². The van der Waals surface area contributed by atoms with Crippen molar-refractivity contribution in [3.05, 3.63) is 65.3 Å². The van der Waals surface area contributed by atoms with Crippen molar-refractivity contribution in [2.24, 2.45) is 0 Å². The van der Waals surface area contributed by atoms with Crippen LogP contribution in [0.15, 0.2) is 54.7 Å². The zero-order valence-corrected chi connectivity index (χ0v) is 13.8. The van der Waals surface area contributed by atoms with Gasteiger partial charge in [0.05, 0.1) is 26.3 Å². The van der Waals surface area contributed by atoms with Crippen LogP contribution in [0.1, 0.15) is 16.8 Å². The number of carbonyl (C=O) groups excluding carboxylic acids is 1. The zero-order valence-electron chi connectivity index (χ0n) is 13.1. The van der Waals surface area contributed by atoms with Gasteiger partial charge in [-0.3, -0.25) is 4.79 Å². The molecule has 2 aromatic rings. The molecule has 0 heterocycles. The number of hydrogen-bond acceptors (Lipinski definition) is 4. The quantitative estimate of drug-likeness (QED) is 0.756. The summed E-state index contributed by atoms with van der Waals surface area (Å²) in [5, 5.41) is 3.70. The van der Waals surface area contributed by atoms with E-state index in [9.17, 15) is 4.79 Å². The molecule has 0 aromatic heterocycles. The highest BCUT2D eigenvalue weighted by molar-refractivity contribution is 6.30. The van der Waals surface area contributed by atoms with Crippen molar-refractivity contribution in [1.29, 1.82) is 0 Å². The van der Waals surface area contributed by atoms with Gasteiger partial charge in [-0.2, -0.15) is 0 Å². The third kappa shape index (κ3) is 4.50. The van der Waals surface area contributed by atoms with Gasteiger partial charge in [0, 0.05) is 22.3 Å². The lowest BCUT2D eigenvalue weighted by Crippen LogP contribution is -2.07. The highest BCUT2D eigenvalue weighted by Gasteiger charge is 2.11. The molecule has 0 spiro atoms. The standard InChI is InChI=1S/C18H18ClNO3/c1-12(10-17(21)13-4-6-14(19)7-5-13)20-16-11-15(22-2)8-9-18(16)23-3/h4-9,11,20H,1,10H2,2-3H3. The van der Waals surface area contributed by atoms with E-state index >= 15 is 0 Å². The van der Waals surface area contributed by atoms with Gasteiger partial charge in [0.15, 0.2) is 5.78 Å². The number of rotatable bonds is 7. The summed E-state index contributed by atoms with van der Waals surface area (Å²) in [6, 6.07) is 12.2. The van der Waals surface area contributed by atoms with E-state index < -0.39 is 0 Å². The number of anilines is 1. The summed E-state index contributed by atoms with van der Waals surface area (Å²) in [5.74, 6) is 1.29. The number of ether oxygens (including phenoxy) is 2. The third-order valence-corrected chi connectivity index (χ3v) is 3.51. The maximum Gasteiger partial charge on any atom is 0.168 e. The Bertz CT molecular complexity index is 711. The minimum Gasteiger partial charge on any atom is -0.497 e. The van der Waals surface area contributed by atoms with E-state index in [-0.39, 0.29) is 12.2 Å². The van der Waals surface area contributed by atoms with Gasteiger partial charge < -0.3 is 14.8 Å². The number of carbonyl (C=O) groups is 1. The second-order valence-electron chi connectivity index (χ2n) is 4.90. The molecule has 0 saturated carbocycles. The van der Waals surface area contributed by atoms with Crippen molar-refractivity contribution < 1.29 is 14.3 Å². The Kier molecular flexibility index (Phi) is 5.66. The van der Waals surface area contributed by atoms with Gasteiger partial charge in [0.1, 0.15) is 11.5 Å². The Morgan fingerprint density at radius 3 is 2.43 bits per heavy atom.